The van der Waals surface area contributed by atoms with Crippen LogP contribution < -0.4 is 5.32 Å². The first-order valence-corrected chi connectivity index (χ1v) is 12.2. The summed E-state index contributed by atoms with van der Waals surface area (Å²) in [4.78, 5) is 19.4. The van der Waals surface area contributed by atoms with Crippen LogP contribution in [0.5, 0.6) is 0 Å². The number of carbonyl (C=O) groups is 1. The Morgan fingerprint density at radius 1 is 1.00 bits per heavy atom. The lowest BCUT2D eigenvalue weighted by atomic mass is 10.1. The minimum Gasteiger partial charge on any atom is -0.322 e. The predicted molar refractivity (Wildman–Crippen MR) is 134 cm³/mol. The second-order valence-electron chi connectivity index (χ2n) is 7.19. The summed E-state index contributed by atoms with van der Waals surface area (Å²) < 4.78 is 2.01. The van der Waals surface area contributed by atoms with Crippen molar-refractivity contribution in [3.05, 3.63) is 107 Å². The molecule has 7 heteroatoms. The van der Waals surface area contributed by atoms with Crippen LogP contribution in [0.15, 0.2) is 95.5 Å². The van der Waals surface area contributed by atoms with Gasteiger partial charge in [0.05, 0.1) is 5.69 Å². The first-order valence-electron chi connectivity index (χ1n) is 9.95. The monoisotopic (exact) mass is 475 g/mol. The van der Waals surface area contributed by atoms with Crippen LogP contribution in [0, 0.1) is 0 Å². The van der Waals surface area contributed by atoms with Crippen LogP contribution in [0.1, 0.15) is 15.9 Å². The van der Waals surface area contributed by atoms with Crippen LogP contribution in [0.4, 0.5) is 5.69 Å². The molecule has 0 bridgehead atoms. The highest BCUT2D eigenvalue weighted by Crippen LogP contribution is 2.25. The Balaban J connectivity index is 1.19. The molecule has 0 atom stereocenters. The van der Waals surface area contributed by atoms with Crippen molar-refractivity contribution >= 4 is 51.3 Å². The second kappa shape index (κ2) is 9.20. The number of halogens is 1. The maximum absolute atomic E-state index is 12.6. The number of fused-ring (bicyclic) bond motifs is 1. The van der Waals surface area contributed by atoms with Gasteiger partial charge in [-0.1, -0.05) is 35.9 Å². The molecule has 32 heavy (non-hydrogen) atoms. The van der Waals surface area contributed by atoms with Gasteiger partial charge < -0.3 is 5.32 Å². The molecular weight excluding hydrogens is 458 g/mol. The summed E-state index contributed by atoms with van der Waals surface area (Å²) in [6, 6.07) is 23.2. The van der Waals surface area contributed by atoms with Gasteiger partial charge in [0.1, 0.15) is 0 Å². The van der Waals surface area contributed by atoms with Crippen molar-refractivity contribution < 1.29 is 4.79 Å². The summed E-state index contributed by atoms with van der Waals surface area (Å²) in [6.07, 6.45) is 4.00. The van der Waals surface area contributed by atoms with Gasteiger partial charge in [-0.25, -0.2) is 4.98 Å². The zero-order chi connectivity index (χ0) is 21.9. The number of imidazole rings is 1. The Bertz CT molecular complexity index is 1330. The maximum Gasteiger partial charge on any atom is 0.255 e. The van der Waals surface area contributed by atoms with E-state index in [1.54, 1.807) is 23.1 Å². The number of anilines is 1. The number of thiazole rings is 1. The van der Waals surface area contributed by atoms with Gasteiger partial charge in [-0.05, 0) is 54.1 Å². The third-order valence-corrected chi connectivity index (χ3v) is 7.07. The number of carbonyl (C=O) groups excluding carboxylic acids is 1. The highest BCUT2D eigenvalue weighted by atomic mass is 35.5. The summed E-state index contributed by atoms with van der Waals surface area (Å²) in [7, 11) is 0. The Kier molecular flexibility index (Phi) is 5.99. The Hall–Kier alpha value is -3.06. The first-order chi connectivity index (χ1) is 15.6. The van der Waals surface area contributed by atoms with Crippen molar-refractivity contribution in [2.75, 3.05) is 5.32 Å². The number of hydrogen-bond donors (Lipinski definition) is 1. The van der Waals surface area contributed by atoms with E-state index in [0.717, 1.165) is 43.1 Å². The van der Waals surface area contributed by atoms with Gasteiger partial charge >= 0.3 is 0 Å². The van der Waals surface area contributed by atoms with Crippen LogP contribution in [0.25, 0.3) is 16.2 Å². The quantitative estimate of drug-likeness (QED) is 0.263. The van der Waals surface area contributed by atoms with Crippen molar-refractivity contribution in [2.45, 2.75) is 10.6 Å². The van der Waals surface area contributed by atoms with Crippen molar-refractivity contribution in [3.63, 3.8) is 0 Å². The van der Waals surface area contributed by atoms with Crippen molar-refractivity contribution in [1.29, 1.82) is 0 Å². The first kappa shape index (κ1) is 20.8. The summed E-state index contributed by atoms with van der Waals surface area (Å²) in [5, 5.41) is 5.71. The van der Waals surface area contributed by atoms with Gasteiger partial charge in [0.25, 0.3) is 5.91 Å². The van der Waals surface area contributed by atoms with Gasteiger partial charge in [-0.3, -0.25) is 9.20 Å². The molecule has 0 saturated carbocycles. The molecule has 0 aliphatic rings. The van der Waals surface area contributed by atoms with E-state index in [0.29, 0.717) is 5.56 Å². The number of aromatic nitrogens is 2. The number of rotatable bonds is 6. The minimum atomic E-state index is -0.128. The lowest BCUT2D eigenvalue weighted by Crippen LogP contribution is -2.11. The standard InChI is InChI=1S/C25H18ClN3OS2/c26-20-7-11-22(12-8-20)32-16-17-1-3-19(4-2-17)24(30)27-21-9-5-18(6-10-21)23-15-29-13-14-31-25(29)28-23/h1-15H,16H2,(H,27,30). The van der Waals surface area contributed by atoms with Crippen LogP contribution in [-0.4, -0.2) is 15.3 Å². The zero-order valence-electron chi connectivity index (χ0n) is 16.9. The molecule has 0 fully saturated rings. The van der Waals surface area contributed by atoms with Crippen LogP contribution in [0.2, 0.25) is 5.02 Å². The van der Waals surface area contributed by atoms with Gasteiger partial charge in [0.15, 0.2) is 4.96 Å². The molecule has 0 spiro atoms. The minimum absolute atomic E-state index is 0.128. The van der Waals surface area contributed by atoms with Crippen LogP contribution in [0.3, 0.4) is 0 Å². The van der Waals surface area contributed by atoms with E-state index in [9.17, 15) is 4.79 Å². The van der Waals surface area contributed by atoms with E-state index in [4.69, 9.17) is 11.6 Å². The van der Waals surface area contributed by atoms with E-state index < -0.39 is 0 Å². The fraction of sp³-hybridized carbons (Fsp3) is 0.0400. The highest BCUT2D eigenvalue weighted by molar-refractivity contribution is 7.98. The van der Waals surface area contributed by atoms with Gasteiger partial charge in [0, 0.05) is 50.3 Å². The van der Waals surface area contributed by atoms with Crippen molar-refractivity contribution in [2.24, 2.45) is 0 Å². The predicted octanol–water partition coefficient (Wildman–Crippen LogP) is 7.26. The average Bonchev–Trinajstić information content (AvgIpc) is 3.42. The molecule has 5 aromatic rings. The van der Waals surface area contributed by atoms with Gasteiger partial charge in [0.2, 0.25) is 0 Å². The number of nitrogens with zero attached hydrogens (tertiary/aromatic N) is 2. The number of amides is 1. The SMILES string of the molecule is O=C(Nc1ccc(-c2cn3ccsc3n2)cc1)c1ccc(CSc2ccc(Cl)cc2)cc1. The van der Waals surface area contributed by atoms with Crippen LogP contribution >= 0.6 is 34.7 Å². The van der Waals surface area contributed by atoms with E-state index in [1.165, 1.54) is 0 Å². The summed E-state index contributed by atoms with van der Waals surface area (Å²) in [6.45, 7) is 0. The maximum atomic E-state index is 12.6. The molecule has 0 saturated heterocycles. The third kappa shape index (κ3) is 4.72. The fourth-order valence-corrected chi connectivity index (χ4v) is 4.92. The summed E-state index contributed by atoms with van der Waals surface area (Å²) in [5.41, 5.74) is 4.47. The molecule has 0 unspecified atom stereocenters. The normalized spacial score (nSPS) is 11.0. The average molecular weight is 476 g/mol. The lowest BCUT2D eigenvalue weighted by molar-refractivity contribution is 0.102. The molecule has 3 aromatic carbocycles. The topological polar surface area (TPSA) is 46.4 Å². The van der Waals surface area contributed by atoms with E-state index >= 15 is 0 Å². The van der Waals surface area contributed by atoms with Crippen molar-refractivity contribution in [3.8, 4) is 11.3 Å². The second-order valence-corrected chi connectivity index (χ2v) is 9.55. The number of hydrogen-bond acceptors (Lipinski definition) is 4. The number of benzene rings is 3. The van der Waals surface area contributed by atoms with Gasteiger partial charge in [-0.2, -0.15) is 0 Å². The zero-order valence-corrected chi connectivity index (χ0v) is 19.3. The smallest absolute Gasteiger partial charge is 0.255 e. The Morgan fingerprint density at radius 3 is 2.47 bits per heavy atom. The Morgan fingerprint density at radius 2 is 1.75 bits per heavy atom. The summed E-state index contributed by atoms with van der Waals surface area (Å²) in [5.74, 6) is 0.702. The van der Waals surface area contributed by atoms with E-state index in [1.807, 2.05) is 95.0 Å². The number of nitrogens with one attached hydrogen (secondary N) is 1. The molecule has 158 valence electrons. The van der Waals surface area contributed by atoms with Gasteiger partial charge in [-0.15, -0.1) is 23.1 Å². The van der Waals surface area contributed by atoms with Crippen molar-refractivity contribution in [1.82, 2.24) is 9.38 Å². The highest BCUT2D eigenvalue weighted by Gasteiger charge is 2.08. The molecule has 0 radical (unpaired) electrons. The summed E-state index contributed by atoms with van der Waals surface area (Å²) >= 11 is 9.27. The molecule has 5 rings (SSSR count). The molecule has 2 heterocycles. The molecule has 0 aliphatic carbocycles. The largest absolute Gasteiger partial charge is 0.322 e. The molecular formula is C25H18ClN3OS2. The Labute approximate surface area is 198 Å². The number of thioether (sulfide) groups is 1. The molecule has 1 N–H and O–H groups in total. The van der Waals surface area contributed by atoms with E-state index in [2.05, 4.69) is 10.3 Å². The van der Waals surface area contributed by atoms with E-state index in [-0.39, 0.29) is 5.91 Å². The third-order valence-electron chi connectivity index (χ3n) is 4.97. The molecule has 2 aromatic heterocycles. The molecule has 0 aliphatic heterocycles. The lowest BCUT2D eigenvalue weighted by Gasteiger charge is -2.07. The molecule has 1 amide bonds. The molecule has 4 nitrogen and oxygen atoms in total. The fourth-order valence-electron chi connectivity index (χ4n) is 3.24. The van der Waals surface area contributed by atoms with Crippen LogP contribution in [-0.2, 0) is 5.75 Å².